The van der Waals surface area contributed by atoms with Gasteiger partial charge in [0.1, 0.15) is 0 Å². The monoisotopic (exact) mass is 512 g/mol. The summed E-state index contributed by atoms with van der Waals surface area (Å²) in [6.07, 6.45) is 1.74. The first kappa shape index (κ1) is 24.8. The predicted octanol–water partition coefficient (Wildman–Crippen LogP) is 3.86. The lowest BCUT2D eigenvalue weighted by Gasteiger charge is -2.25. The van der Waals surface area contributed by atoms with Gasteiger partial charge in [-0.25, -0.2) is 9.79 Å². The number of halogens is 1. The molecule has 0 N–H and O–H groups in total. The average Bonchev–Trinajstić information content (AvgIpc) is 3.14. The molecule has 1 unspecified atom stereocenters. The molecule has 0 fully saturated rings. The molecule has 3 aromatic rings. The summed E-state index contributed by atoms with van der Waals surface area (Å²) in [7, 11) is 1.55. The van der Waals surface area contributed by atoms with Gasteiger partial charge in [0, 0.05) is 5.02 Å². The number of hydrogen-bond donors (Lipinski definition) is 0. The van der Waals surface area contributed by atoms with Gasteiger partial charge in [0.15, 0.2) is 16.3 Å². The molecule has 0 aliphatic carbocycles. The molecule has 2 aromatic carbocycles. The van der Waals surface area contributed by atoms with E-state index in [1.807, 2.05) is 31.2 Å². The smallest absolute Gasteiger partial charge is 0.338 e. The molecule has 0 bridgehead atoms. The molecule has 0 saturated carbocycles. The van der Waals surface area contributed by atoms with Gasteiger partial charge in [-0.15, -0.1) is 0 Å². The number of carbonyl (C=O) groups excluding carboxylic acids is 1. The van der Waals surface area contributed by atoms with Crippen molar-refractivity contribution in [2.24, 2.45) is 4.99 Å². The number of ether oxygens (including phenoxy) is 3. The number of esters is 1. The van der Waals surface area contributed by atoms with E-state index in [0.29, 0.717) is 49.3 Å². The second-order valence-electron chi connectivity index (χ2n) is 7.67. The van der Waals surface area contributed by atoms with Gasteiger partial charge >= 0.3 is 5.97 Å². The van der Waals surface area contributed by atoms with Crippen LogP contribution in [0.25, 0.3) is 6.08 Å². The van der Waals surface area contributed by atoms with E-state index in [9.17, 15) is 9.59 Å². The highest BCUT2D eigenvalue weighted by molar-refractivity contribution is 7.07. The van der Waals surface area contributed by atoms with E-state index in [-0.39, 0.29) is 12.2 Å². The summed E-state index contributed by atoms with van der Waals surface area (Å²) in [6.45, 7) is 6.04. The Morgan fingerprint density at radius 2 is 1.94 bits per heavy atom. The third-order valence-corrected chi connectivity index (χ3v) is 6.84. The number of thiazole rings is 1. The first-order chi connectivity index (χ1) is 16.9. The summed E-state index contributed by atoms with van der Waals surface area (Å²) in [5.74, 6) is 0.552. The van der Waals surface area contributed by atoms with Crippen molar-refractivity contribution in [2.45, 2.75) is 26.8 Å². The highest BCUT2D eigenvalue weighted by Crippen LogP contribution is 2.36. The van der Waals surface area contributed by atoms with Crippen LogP contribution >= 0.6 is 22.9 Å². The first-order valence-electron chi connectivity index (χ1n) is 11.1. The van der Waals surface area contributed by atoms with Crippen LogP contribution in [0.2, 0.25) is 5.02 Å². The summed E-state index contributed by atoms with van der Waals surface area (Å²) >= 11 is 7.56. The summed E-state index contributed by atoms with van der Waals surface area (Å²) in [5, 5.41) is 0.537. The Hall–Kier alpha value is -3.36. The fourth-order valence-corrected chi connectivity index (χ4v) is 5.20. The van der Waals surface area contributed by atoms with Crippen molar-refractivity contribution in [2.75, 3.05) is 20.3 Å². The number of benzene rings is 2. The zero-order valence-electron chi connectivity index (χ0n) is 19.8. The van der Waals surface area contributed by atoms with Crippen LogP contribution < -0.4 is 24.4 Å². The molecule has 1 aromatic heterocycles. The van der Waals surface area contributed by atoms with Gasteiger partial charge in [0.25, 0.3) is 5.56 Å². The van der Waals surface area contributed by atoms with Gasteiger partial charge in [0.05, 0.1) is 42.2 Å². The Kier molecular flexibility index (Phi) is 7.42. The largest absolute Gasteiger partial charge is 0.493 e. The summed E-state index contributed by atoms with van der Waals surface area (Å²) < 4.78 is 18.5. The highest BCUT2D eigenvalue weighted by Gasteiger charge is 2.34. The number of carbonyl (C=O) groups is 1. The molecule has 35 heavy (non-hydrogen) atoms. The minimum Gasteiger partial charge on any atom is -0.493 e. The summed E-state index contributed by atoms with van der Waals surface area (Å²) in [6, 6.07) is 11.9. The molecule has 1 aliphatic rings. The first-order valence-corrected chi connectivity index (χ1v) is 12.3. The van der Waals surface area contributed by atoms with Gasteiger partial charge < -0.3 is 14.2 Å². The maximum absolute atomic E-state index is 13.7. The van der Waals surface area contributed by atoms with Crippen LogP contribution in [0.3, 0.4) is 0 Å². The average molecular weight is 513 g/mol. The quantitative estimate of drug-likeness (QED) is 0.449. The second-order valence-corrected chi connectivity index (χ2v) is 9.08. The summed E-state index contributed by atoms with van der Waals surface area (Å²) in [4.78, 5) is 31.8. The molecule has 9 heteroatoms. The van der Waals surface area contributed by atoms with Crippen molar-refractivity contribution in [3.05, 3.63) is 89.6 Å². The van der Waals surface area contributed by atoms with Gasteiger partial charge in [-0.05, 0) is 56.2 Å². The van der Waals surface area contributed by atoms with Crippen molar-refractivity contribution in [3.8, 4) is 11.5 Å². The predicted molar refractivity (Wildman–Crippen MR) is 136 cm³/mol. The van der Waals surface area contributed by atoms with Crippen LogP contribution in [-0.4, -0.2) is 30.9 Å². The fraction of sp³-hybridized carbons (Fsp3) is 0.269. The lowest BCUT2D eigenvalue weighted by Crippen LogP contribution is -2.40. The number of methoxy groups -OCH3 is 1. The summed E-state index contributed by atoms with van der Waals surface area (Å²) in [5.41, 5.74) is 1.91. The number of hydrogen-bond acceptors (Lipinski definition) is 7. The maximum Gasteiger partial charge on any atom is 0.338 e. The zero-order chi connectivity index (χ0) is 25.1. The van der Waals surface area contributed by atoms with Crippen LogP contribution in [0, 0.1) is 0 Å². The molecule has 4 rings (SSSR count). The molecule has 7 nitrogen and oxygen atoms in total. The number of rotatable bonds is 7. The SMILES string of the molecule is CCOC(=O)C1=C(C)N=c2s/c(=C\c3ccccc3Cl)c(=O)n2C1c1ccc(OCC)c(OC)c1. The van der Waals surface area contributed by atoms with E-state index >= 15 is 0 Å². The lowest BCUT2D eigenvalue weighted by molar-refractivity contribution is -0.139. The second kappa shape index (κ2) is 10.5. The topological polar surface area (TPSA) is 79.1 Å². The highest BCUT2D eigenvalue weighted by atomic mass is 35.5. The van der Waals surface area contributed by atoms with Gasteiger partial charge in [-0.3, -0.25) is 9.36 Å². The van der Waals surface area contributed by atoms with Crippen molar-refractivity contribution >= 4 is 35.0 Å². The van der Waals surface area contributed by atoms with Crippen LogP contribution in [0.5, 0.6) is 11.5 Å². The lowest BCUT2D eigenvalue weighted by atomic mass is 9.95. The molecule has 0 spiro atoms. The normalized spacial score (nSPS) is 15.5. The Morgan fingerprint density at radius 3 is 2.63 bits per heavy atom. The molecule has 1 atom stereocenters. The third-order valence-electron chi connectivity index (χ3n) is 5.51. The minimum absolute atomic E-state index is 0.200. The molecule has 0 radical (unpaired) electrons. The Bertz CT molecular complexity index is 1490. The van der Waals surface area contributed by atoms with E-state index in [1.54, 1.807) is 45.2 Å². The molecular formula is C26H25ClN2O5S. The molecule has 182 valence electrons. The van der Waals surface area contributed by atoms with E-state index in [0.717, 1.165) is 5.56 Å². The standard InChI is InChI=1S/C26H25ClN2O5S/c1-5-33-19-12-11-17(13-20(19)32-4)23-22(25(31)34-6-2)15(3)28-26-29(23)24(30)21(35-26)14-16-9-7-8-10-18(16)27/h7-14,23H,5-6H2,1-4H3/b21-14-. The van der Waals surface area contributed by atoms with E-state index in [4.69, 9.17) is 25.8 Å². The van der Waals surface area contributed by atoms with Crippen molar-refractivity contribution < 1.29 is 19.0 Å². The van der Waals surface area contributed by atoms with E-state index in [1.165, 1.54) is 15.9 Å². The van der Waals surface area contributed by atoms with E-state index in [2.05, 4.69) is 4.99 Å². The Labute approximate surface area is 211 Å². The molecule has 0 saturated heterocycles. The fourth-order valence-electron chi connectivity index (χ4n) is 3.97. The molecule has 2 heterocycles. The van der Waals surface area contributed by atoms with Crippen LogP contribution in [-0.2, 0) is 9.53 Å². The van der Waals surface area contributed by atoms with Crippen molar-refractivity contribution in [3.63, 3.8) is 0 Å². The van der Waals surface area contributed by atoms with Gasteiger partial charge in [-0.1, -0.05) is 47.2 Å². The number of nitrogens with zero attached hydrogens (tertiary/aromatic N) is 2. The maximum atomic E-state index is 13.7. The number of fused-ring (bicyclic) bond motifs is 1. The van der Waals surface area contributed by atoms with Gasteiger partial charge in [-0.2, -0.15) is 0 Å². The molecule has 1 aliphatic heterocycles. The van der Waals surface area contributed by atoms with Crippen molar-refractivity contribution in [1.82, 2.24) is 4.57 Å². The van der Waals surface area contributed by atoms with Crippen LogP contribution in [0.4, 0.5) is 0 Å². The molecule has 0 amide bonds. The minimum atomic E-state index is -0.747. The Balaban J connectivity index is 1.97. The van der Waals surface area contributed by atoms with Gasteiger partial charge in [0.2, 0.25) is 0 Å². The molecular weight excluding hydrogens is 488 g/mol. The third kappa shape index (κ3) is 4.76. The van der Waals surface area contributed by atoms with Crippen LogP contribution in [0.1, 0.15) is 37.9 Å². The van der Waals surface area contributed by atoms with Crippen molar-refractivity contribution in [1.29, 1.82) is 0 Å². The Morgan fingerprint density at radius 1 is 1.17 bits per heavy atom. The number of aromatic nitrogens is 1. The van der Waals surface area contributed by atoms with Crippen LogP contribution in [0.15, 0.2) is 63.5 Å². The number of allylic oxidation sites excluding steroid dienone is 1. The zero-order valence-corrected chi connectivity index (χ0v) is 21.4. The van der Waals surface area contributed by atoms with E-state index < -0.39 is 12.0 Å².